The first-order chi connectivity index (χ1) is 11.4. The van der Waals surface area contributed by atoms with E-state index in [2.05, 4.69) is 21.2 Å². The van der Waals surface area contributed by atoms with Gasteiger partial charge in [0.05, 0.1) is 13.2 Å². The quantitative estimate of drug-likeness (QED) is 0.796. The molecule has 0 aliphatic heterocycles. The van der Waals surface area contributed by atoms with Gasteiger partial charge < -0.3 is 14.8 Å². The molecule has 128 valence electrons. The van der Waals surface area contributed by atoms with E-state index in [1.54, 1.807) is 7.11 Å². The van der Waals surface area contributed by atoms with Crippen LogP contribution < -0.4 is 14.8 Å². The highest BCUT2D eigenvalue weighted by molar-refractivity contribution is 9.10. The number of halogens is 1. The minimum Gasteiger partial charge on any atom is -0.497 e. The van der Waals surface area contributed by atoms with Crippen LogP contribution in [0.5, 0.6) is 11.5 Å². The van der Waals surface area contributed by atoms with Crippen molar-refractivity contribution in [1.29, 1.82) is 0 Å². The van der Waals surface area contributed by atoms with E-state index in [0.29, 0.717) is 5.75 Å². The van der Waals surface area contributed by atoms with Gasteiger partial charge >= 0.3 is 0 Å². The molecule has 1 N–H and O–H groups in total. The third-order valence-electron chi connectivity index (χ3n) is 3.77. The van der Waals surface area contributed by atoms with E-state index in [1.807, 2.05) is 57.2 Å². The van der Waals surface area contributed by atoms with E-state index in [1.165, 1.54) is 0 Å². The summed E-state index contributed by atoms with van der Waals surface area (Å²) in [6, 6.07) is 11.4. The van der Waals surface area contributed by atoms with Crippen molar-refractivity contribution in [1.82, 2.24) is 5.32 Å². The molecule has 0 spiro atoms. The van der Waals surface area contributed by atoms with E-state index < -0.39 is 0 Å². The van der Waals surface area contributed by atoms with Crippen LogP contribution in [-0.4, -0.2) is 19.6 Å². The standard InChI is InChI=1S/C19H22BrNO3/c1-12-9-17(10-13(2)19(12)20)24-11-18(22)21-14(3)15-5-7-16(23-4)8-6-15/h5-10,14H,11H2,1-4H3,(H,21,22)/t14-/m0/s1. The monoisotopic (exact) mass is 391 g/mol. The van der Waals surface area contributed by atoms with Gasteiger partial charge in [-0.2, -0.15) is 0 Å². The average Bonchev–Trinajstić information content (AvgIpc) is 2.57. The molecule has 0 aromatic heterocycles. The minimum atomic E-state index is -0.156. The SMILES string of the molecule is COc1ccc([C@H](C)NC(=O)COc2cc(C)c(Br)c(C)c2)cc1. The number of benzene rings is 2. The Morgan fingerprint density at radius 3 is 2.25 bits per heavy atom. The maximum absolute atomic E-state index is 12.1. The third-order valence-corrected chi connectivity index (χ3v) is 5.02. The zero-order valence-electron chi connectivity index (χ0n) is 14.4. The number of carbonyl (C=O) groups excluding carboxylic acids is 1. The molecule has 2 rings (SSSR count). The van der Waals surface area contributed by atoms with Crippen LogP contribution in [0, 0.1) is 13.8 Å². The van der Waals surface area contributed by atoms with Crippen LogP contribution in [0.3, 0.4) is 0 Å². The maximum Gasteiger partial charge on any atom is 0.258 e. The number of hydrogen-bond acceptors (Lipinski definition) is 3. The van der Waals surface area contributed by atoms with E-state index >= 15 is 0 Å². The second-order valence-electron chi connectivity index (χ2n) is 5.72. The Balaban J connectivity index is 1.90. The van der Waals surface area contributed by atoms with Crippen molar-refractivity contribution in [3.63, 3.8) is 0 Å². The van der Waals surface area contributed by atoms with E-state index in [4.69, 9.17) is 9.47 Å². The lowest BCUT2D eigenvalue weighted by Gasteiger charge is -2.15. The summed E-state index contributed by atoms with van der Waals surface area (Å²) in [6.07, 6.45) is 0. The number of ether oxygens (including phenoxy) is 2. The molecule has 0 aliphatic carbocycles. The second-order valence-corrected chi connectivity index (χ2v) is 6.52. The van der Waals surface area contributed by atoms with Crippen molar-refractivity contribution >= 4 is 21.8 Å². The van der Waals surface area contributed by atoms with Crippen molar-refractivity contribution in [3.8, 4) is 11.5 Å². The molecule has 5 heteroatoms. The van der Waals surface area contributed by atoms with Gasteiger partial charge in [-0.1, -0.05) is 28.1 Å². The lowest BCUT2D eigenvalue weighted by molar-refractivity contribution is -0.123. The lowest BCUT2D eigenvalue weighted by Crippen LogP contribution is -2.31. The Kier molecular flexibility index (Phi) is 6.26. The van der Waals surface area contributed by atoms with Gasteiger partial charge in [0.1, 0.15) is 11.5 Å². The van der Waals surface area contributed by atoms with E-state index in [9.17, 15) is 4.79 Å². The summed E-state index contributed by atoms with van der Waals surface area (Å²) >= 11 is 3.52. The van der Waals surface area contributed by atoms with Gasteiger partial charge in [-0.05, 0) is 61.7 Å². The molecule has 2 aromatic carbocycles. The number of nitrogens with one attached hydrogen (secondary N) is 1. The number of amides is 1. The molecule has 0 unspecified atom stereocenters. The van der Waals surface area contributed by atoms with Crippen molar-refractivity contribution in [2.75, 3.05) is 13.7 Å². The summed E-state index contributed by atoms with van der Waals surface area (Å²) in [5, 5.41) is 2.93. The van der Waals surface area contributed by atoms with E-state index in [0.717, 1.165) is 26.9 Å². The Bertz CT molecular complexity index is 690. The van der Waals surface area contributed by atoms with Crippen molar-refractivity contribution in [3.05, 3.63) is 57.6 Å². The number of rotatable bonds is 6. The predicted octanol–water partition coefficient (Wildman–Crippen LogP) is 4.33. The summed E-state index contributed by atoms with van der Waals surface area (Å²) < 4.78 is 11.8. The first kappa shape index (κ1) is 18.3. The molecule has 2 aromatic rings. The number of carbonyl (C=O) groups is 1. The van der Waals surface area contributed by atoms with Crippen LogP contribution in [0.1, 0.15) is 29.7 Å². The fraction of sp³-hybridized carbons (Fsp3) is 0.316. The zero-order valence-corrected chi connectivity index (χ0v) is 15.9. The highest BCUT2D eigenvalue weighted by Gasteiger charge is 2.11. The minimum absolute atomic E-state index is 0.0129. The Morgan fingerprint density at radius 2 is 1.71 bits per heavy atom. The Morgan fingerprint density at radius 1 is 1.12 bits per heavy atom. The molecular weight excluding hydrogens is 370 g/mol. The normalized spacial score (nSPS) is 11.7. The molecule has 4 nitrogen and oxygen atoms in total. The fourth-order valence-electron chi connectivity index (χ4n) is 2.40. The highest BCUT2D eigenvalue weighted by Crippen LogP contribution is 2.26. The van der Waals surface area contributed by atoms with Gasteiger partial charge in [0, 0.05) is 4.47 Å². The van der Waals surface area contributed by atoms with Crippen molar-refractivity contribution in [2.45, 2.75) is 26.8 Å². The first-order valence-corrected chi connectivity index (χ1v) is 8.53. The predicted molar refractivity (Wildman–Crippen MR) is 98.7 cm³/mol. The smallest absolute Gasteiger partial charge is 0.258 e. The van der Waals surface area contributed by atoms with Crippen LogP contribution in [0.4, 0.5) is 0 Å². The van der Waals surface area contributed by atoms with Gasteiger partial charge in [0.2, 0.25) is 0 Å². The Labute approximate surface area is 151 Å². The topological polar surface area (TPSA) is 47.6 Å². The third kappa shape index (κ3) is 4.74. The fourth-order valence-corrected chi connectivity index (χ4v) is 2.63. The number of aryl methyl sites for hydroxylation is 2. The molecular formula is C19H22BrNO3. The molecule has 0 bridgehead atoms. The van der Waals surface area contributed by atoms with Gasteiger partial charge in [-0.15, -0.1) is 0 Å². The number of methoxy groups -OCH3 is 1. The molecule has 0 saturated carbocycles. The molecule has 1 amide bonds. The van der Waals surface area contributed by atoms with Crippen LogP contribution in [-0.2, 0) is 4.79 Å². The van der Waals surface area contributed by atoms with Gasteiger partial charge in [-0.3, -0.25) is 4.79 Å². The second kappa shape index (κ2) is 8.20. The molecule has 0 saturated heterocycles. The summed E-state index contributed by atoms with van der Waals surface area (Å²) in [5.74, 6) is 1.33. The average molecular weight is 392 g/mol. The van der Waals surface area contributed by atoms with E-state index in [-0.39, 0.29) is 18.6 Å². The molecule has 0 fully saturated rings. The zero-order chi connectivity index (χ0) is 17.7. The van der Waals surface area contributed by atoms with Gasteiger partial charge in [-0.25, -0.2) is 0 Å². The van der Waals surface area contributed by atoms with Crippen molar-refractivity contribution in [2.24, 2.45) is 0 Å². The first-order valence-electron chi connectivity index (χ1n) is 7.73. The largest absolute Gasteiger partial charge is 0.497 e. The summed E-state index contributed by atoms with van der Waals surface area (Å²) in [5.41, 5.74) is 3.17. The van der Waals surface area contributed by atoms with Crippen LogP contribution >= 0.6 is 15.9 Å². The summed E-state index contributed by atoms with van der Waals surface area (Å²) in [7, 11) is 1.63. The van der Waals surface area contributed by atoms with Crippen LogP contribution in [0.25, 0.3) is 0 Å². The van der Waals surface area contributed by atoms with Crippen LogP contribution in [0.15, 0.2) is 40.9 Å². The highest BCUT2D eigenvalue weighted by atomic mass is 79.9. The summed E-state index contributed by atoms with van der Waals surface area (Å²) in [6.45, 7) is 5.92. The van der Waals surface area contributed by atoms with Crippen LogP contribution in [0.2, 0.25) is 0 Å². The summed E-state index contributed by atoms with van der Waals surface area (Å²) in [4.78, 5) is 12.1. The molecule has 0 aliphatic rings. The molecule has 0 heterocycles. The molecule has 24 heavy (non-hydrogen) atoms. The maximum atomic E-state index is 12.1. The molecule has 1 atom stereocenters. The Hall–Kier alpha value is -2.01. The number of hydrogen-bond donors (Lipinski definition) is 1. The van der Waals surface area contributed by atoms with Gasteiger partial charge in [0.15, 0.2) is 6.61 Å². The van der Waals surface area contributed by atoms with Gasteiger partial charge in [0.25, 0.3) is 5.91 Å². The molecule has 0 radical (unpaired) electrons. The lowest BCUT2D eigenvalue weighted by atomic mass is 10.1. The van der Waals surface area contributed by atoms with Crippen molar-refractivity contribution < 1.29 is 14.3 Å².